The second-order valence-electron chi connectivity index (χ2n) is 5.66. The largest absolute Gasteiger partial charge is 0.325 e. The van der Waals surface area contributed by atoms with E-state index in [4.69, 9.17) is 5.73 Å². The molecule has 1 fully saturated rings. The molecule has 7 nitrogen and oxygen atoms in total. The number of nitrogens with zero attached hydrogens (tertiary/aromatic N) is 1. The van der Waals surface area contributed by atoms with Crippen LogP contribution in [0.15, 0.2) is 28.5 Å². The molecule has 0 spiro atoms. The van der Waals surface area contributed by atoms with Crippen molar-refractivity contribution in [3.63, 3.8) is 0 Å². The van der Waals surface area contributed by atoms with Crippen molar-refractivity contribution in [2.75, 3.05) is 5.32 Å². The summed E-state index contributed by atoms with van der Waals surface area (Å²) in [6.45, 7) is 2.00. The molecule has 1 heterocycles. The molecule has 1 aliphatic carbocycles. The number of sulfonamides is 1. The Kier molecular flexibility index (Phi) is 4.68. The molecule has 0 unspecified atom stereocenters. The van der Waals surface area contributed by atoms with E-state index in [1.54, 1.807) is 24.4 Å². The third-order valence-electron chi connectivity index (χ3n) is 3.59. The van der Waals surface area contributed by atoms with E-state index in [-0.39, 0.29) is 23.2 Å². The van der Waals surface area contributed by atoms with Crippen molar-refractivity contribution >= 4 is 33.0 Å². The van der Waals surface area contributed by atoms with Crippen molar-refractivity contribution in [1.82, 2.24) is 9.71 Å². The Morgan fingerprint density at radius 1 is 1.42 bits per heavy atom. The number of rotatable bonds is 6. The van der Waals surface area contributed by atoms with E-state index in [9.17, 15) is 13.2 Å². The minimum Gasteiger partial charge on any atom is -0.325 e. The van der Waals surface area contributed by atoms with Crippen LogP contribution in [0, 0.1) is 6.92 Å². The Labute approximate surface area is 144 Å². The Hall–Kier alpha value is -1.81. The molecule has 128 valence electrons. The molecule has 4 N–H and O–H groups in total. The molecule has 1 saturated carbocycles. The molecule has 1 amide bonds. The SMILES string of the molecule is Cc1ccc(NC(=O)c2csc(CN)n2)cc1S(=O)(=O)NC1CC1. The minimum atomic E-state index is -3.58. The molecule has 24 heavy (non-hydrogen) atoms. The number of carbonyl (C=O) groups excluding carboxylic acids is 1. The molecule has 2 aromatic rings. The van der Waals surface area contributed by atoms with E-state index >= 15 is 0 Å². The van der Waals surface area contributed by atoms with Gasteiger partial charge < -0.3 is 11.1 Å². The van der Waals surface area contributed by atoms with Crippen LogP contribution in [-0.4, -0.2) is 25.4 Å². The molecule has 3 rings (SSSR count). The Morgan fingerprint density at radius 2 is 2.17 bits per heavy atom. The lowest BCUT2D eigenvalue weighted by atomic mass is 10.2. The second kappa shape index (κ2) is 6.60. The quantitative estimate of drug-likeness (QED) is 0.718. The number of hydrogen-bond acceptors (Lipinski definition) is 6. The highest BCUT2D eigenvalue weighted by Crippen LogP contribution is 2.25. The zero-order valence-electron chi connectivity index (χ0n) is 13.1. The van der Waals surface area contributed by atoms with E-state index in [2.05, 4.69) is 15.0 Å². The van der Waals surface area contributed by atoms with Crippen LogP contribution in [0.5, 0.6) is 0 Å². The summed E-state index contributed by atoms with van der Waals surface area (Å²) in [7, 11) is -3.58. The van der Waals surface area contributed by atoms with Crippen molar-refractivity contribution in [1.29, 1.82) is 0 Å². The van der Waals surface area contributed by atoms with Crippen molar-refractivity contribution in [3.05, 3.63) is 39.8 Å². The fraction of sp³-hybridized carbons (Fsp3) is 0.333. The minimum absolute atomic E-state index is 0.0253. The molecule has 1 aromatic carbocycles. The molecular weight excluding hydrogens is 348 g/mol. The summed E-state index contributed by atoms with van der Waals surface area (Å²) in [5.41, 5.74) is 6.78. The number of benzene rings is 1. The van der Waals surface area contributed by atoms with Gasteiger partial charge in [-0.3, -0.25) is 4.79 Å². The Morgan fingerprint density at radius 3 is 2.79 bits per heavy atom. The van der Waals surface area contributed by atoms with Gasteiger partial charge in [-0.2, -0.15) is 0 Å². The highest BCUT2D eigenvalue weighted by molar-refractivity contribution is 7.89. The zero-order valence-corrected chi connectivity index (χ0v) is 14.7. The van der Waals surface area contributed by atoms with Crippen molar-refractivity contribution in [2.45, 2.75) is 37.2 Å². The topological polar surface area (TPSA) is 114 Å². The van der Waals surface area contributed by atoms with Crippen LogP contribution >= 0.6 is 11.3 Å². The van der Waals surface area contributed by atoms with Gasteiger partial charge in [-0.1, -0.05) is 6.07 Å². The fourth-order valence-corrected chi connectivity index (χ4v) is 4.39. The van der Waals surface area contributed by atoms with Crippen LogP contribution in [0.4, 0.5) is 5.69 Å². The predicted molar refractivity (Wildman–Crippen MR) is 92.5 cm³/mol. The first-order chi connectivity index (χ1) is 11.4. The summed E-state index contributed by atoms with van der Waals surface area (Å²) < 4.78 is 27.5. The van der Waals surface area contributed by atoms with Gasteiger partial charge in [0.15, 0.2) is 0 Å². The predicted octanol–water partition coefficient (Wildman–Crippen LogP) is 1.60. The summed E-state index contributed by atoms with van der Waals surface area (Å²) >= 11 is 1.31. The Bertz CT molecular complexity index is 873. The van der Waals surface area contributed by atoms with Crippen LogP contribution in [0.1, 0.15) is 33.9 Å². The summed E-state index contributed by atoms with van der Waals surface area (Å²) in [5.74, 6) is -0.395. The average molecular weight is 366 g/mol. The van der Waals surface area contributed by atoms with Crippen LogP contribution in [0.2, 0.25) is 0 Å². The van der Waals surface area contributed by atoms with Crippen molar-refractivity contribution in [2.24, 2.45) is 5.73 Å². The first-order valence-electron chi connectivity index (χ1n) is 7.48. The molecule has 0 bridgehead atoms. The van der Waals surface area contributed by atoms with Crippen LogP contribution < -0.4 is 15.8 Å². The number of aryl methyl sites for hydroxylation is 1. The van der Waals surface area contributed by atoms with Gasteiger partial charge in [0.25, 0.3) is 5.91 Å². The number of hydrogen-bond donors (Lipinski definition) is 3. The van der Waals surface area contributed by atoms with Gasteiger partial charge in [-0.25, -0.2) is 18.1 Å². The lowest BCUT2D eigenvalue weighted by Crippen LogP contribution is -2.26. The number of aromatic nitrogens is 1. The normalized spacial score (nSPS) is 14.6. The van der Waals surface area contributed by atoms with E-state index < -0.39 is 15.9 Å². The Balaban J connectivity index is 1.81. The molecule has 1 aliphatic rings. The maximum absolute atomic E-state index is 12.4. The molecule has 0 saturated heterocycles. The number of nitrogens with one attached hydrogen (secondary N) is 2. The number of carbonyl (C=O) groups is 1. The highest BCUT2D eigenvalue weighted by Gasteiger charge is 2.29. The monoisotopic (exact) mass is 366 g/mol. The van der Waals surface area contributed by atoms with Gasteiger partial charge in [0.1, 0.15) is 10.7 Å². The van der Waals surface area contributed by atoms with Gasteiger partial charge in [0.05, 0.1) is 4.90 Å². The van der Waals surface area contributed by atoms with E-state index in [0.29, 0.717) is 16.3 Å². The molecular formula is C15H18N4O3S2. The molecule has 0 atom stereocenters. The second-order valence-corrected chi connectivity index (χ2v) is 8.29. The fourth-order valence-electron chi connectivity index (χ4n) is 2.16. The van der Waals surface area contributed by atoms with E-state index in [0.717, 1.165) is 12.8 Å². The highest BCUT2D eigenvalue weighted by atomic mass is 32.2. The molecule has 0 aliphatic heterocycles. The van der Waals surface area contributed by atoms with Crippen LogP contribution in [0.3, 0.4) is 0 Å². The summed E-state index contributed by atoms with van der Waals surface area (Å²) in [6, 6.07) is 4.83. The third kappa shape index (κ3) is 3.81. The standard InChI is InChI=1S/C15H18N4O3S2/c1-9-2-3-11(6-13(9)24(21,22)19-10-4-5-10)17-15(20)12-8-23-14(7-16)18-12/h2-3,6,8,10,19H,4-5,7,16H2,1H3,(H,17,20). The van der Waals surface area contributed by atoms with Crippen molar-refractivity contribution in [3.8, 4) is 0 Å². The summed E-state index contributed by atoms with van der Waals surface area (Å²) in [6.07, 6.45) is 1.73. The lowest BCUT2D eigenvalue weighted by molar-refractivity contribution is 0.102. The third-order valence-corrected chi connectivity index (χ3v) is 6.13. The van der Waals surface area contributed by atoms with E-state index in [1.165, 1.54) is 17.4 Å². The van der Waals surface area contributed by atoms with Gasteiger partial charge in [-0.05, 0) is 37.5 Å². The number of anilines is 1. The smallest absolute Gasteiger partial charge is 0.275 e. The zero-order chi connectivity index (χ0) is 17.3. The number of amides is 1. The van der Waals surface area contributed by atoms with Crippen LogP contribution in [-0.2, 0) is 16.6 Å². The summed E-state index contributed by atoms with van der Waals surface area (Å²) in [4.78, 5) is 16.5. The van der Waals surface area contributed by atoms with Gasteiger partial charge in [0, 0.05) is 23.7 Å². The number of thiazole rings is 1. The summed E-state index contributed by atoms with van der Waals surface area (Å²) in [5, 5.41) is 4.97. The molecule has 0 radical (unpaired) electrons. The number of nitrogens with two attached hydrogens (primary N) is 1. The molecule has 9 heteroatoms. The van der Waals surface area contributed by atoms with E-state index in [1.807, 2.05) is 0 Å². The first-order valence-corrected chi connectivity index (χ1v) is 9.84. The van der Waals surface area contributed by atoms with Crippen LogP contribution in [0.25, 0.3) is 0 Å². The molecule has 1 aromatic heterocycles. The van der Waals surface area contributed by atoms with Gasteiger partial charge in [0.2, 0.25) is 10.0 Å². The maximum atomic E-state index is 12.4. The lowest BCUT2D eigenvalue weighted by Gasteiger charge is -2.11. The van der Waals surface area contributed by atoms with Gasteiger partial charge >= 0.3 is 0 Å². The maximum Gasteiger partial charge on any atom is 0.275 e. The first kappa shape index (κ1) is 17.0. The van der Waals surface area contributed by atoms with Crippen molar-refractivity contribution < 1.29 is 13.2 Å². The average Bonchev–Trinajstić information content (AvgIpc) is 3.20. The van der Waals surface area contributed by atoms with Gasteiger partial charge in [-0.15, -0.1) is 11.3 Å².